The van der Waals surface area contributed by atoms with Crippen LogP contribution in [-0.2, 0) is 16.1 Å². The fourth-order valence-electron chi connectivity index (χ4n) is 2.42. The van der Waals surface area contributed by atoms with Crippen LogP contribution < -0.4 is 16.4 Å². The maximum atomic E-state index is 12.9. The van der Waals surface area contributed by atoms with Gasteiger partial charge in [0.2, 0.25) is 5.91 Å². The number of halogens is 1. The Hall–Kier alpha value is -2.63. The molecule has 0 atom stereocenters. The van der Waals surface area contributed by atoms with Gasteiger partial charge in [-0.15, -0.1) is 0 Å². The number of benzene rings is 1. The number of nitrogens with one attached hydrogen (secondary N) is 2. The highest BCUT2D eigenvalue weighted by Crippen LogP contribution is 2.20. The summed E-state index contributed by atoms with van der Waals surface area (Å²) < 4.78 is 12.3. The Kier molecular flexibility index (Phi) is 7.07. The molecule has 0 saturated carbocycles. The number of aromatic nitrogens is 2. The number of hydrazine groups is 1. The second kappa shape index (κ2) is 9.72. The van der Waals surface area contributed by atoms with Crippen molar-refractivity contribution < 1.29 is 18.7 Å². The van der Waals surface area contributed by atoms with Crippen molar-refractivity contribution in [2.75, 3.05) is 19.5 Å². The summed E-state index contributed by atoms with van der Waals surface area (Å²) in [5.74, 6) is -1.01. The number of fused-ring (bicyclic) bond motifs is 1. The molecule has 1 aromatic carbocycles. The molecule has 0 spiro atoms. The van der Waals surface area contributed by atoms with Crippen molar-refractivity contribution in [2.45, 2.75) is 11.7 Å². The van der Waals surface area contributed by atoms with E-state index in [1.54, 1.807) is 24.3 Å². The molecule has 11 heteroatoms. The number of ether oxygens (including phenoxy) is 1. The Labute approximate surface area is 177 Å². The highest BCUT2D eigenvalue weighted by Gasteiger charge is 2.15. The van der Waals surface area contributed by atoms with Gasteiger partial charge >= 0.3 is 5.91 Å². The molecule has 29 heavy (non-hydrogen) atoms. The van der Waals surface area contributed by atoms with Crippen molar-refractivity contribution in [3.63, 3.8) is 0 Å². The molecule has 152 valence electrons. The molecule has 0 unspecified atom stereocenters. The second-order valence-corrected chi connectivity index (χ2v) is 7.63. The van der Waals surface area contributed by atoms with Crippen LogP contribution in [0, 0.1) is 0 Å². The molecule has 3 aromatic rings. The van der Waals surface area contributed by atoms with E-state index < -0.39 is 11.8 Å². The van der Waals surface area contributed by atoms with Gasteiger partial charge in [-0.25, -0.2) is 4.98 Å². The maximum absolute atomic E-state index is 12.9. The molecule has 9 nitrogen and oxygen atoms in total. The van der Waals surface area contributed by atoms with Crippen LogP contribution >= 0.6 is 27.7 Å². The minimum atomic E-state index is -0.570. The van der Waals surface area contributed by atoms with Gasteiger partial charge in [0.15, 0.2) is 10.9 Å². The number of hydrogen-bond acceptors (Lipinski definition) is 7. The lowest BCUT2D eigenvalue weighted by Crippen LogP contribution is -2.42. The molecule has 0 aliphatic carbocycles. The minimum Gasteiger partial charge on any atom is -0.459 e. The minimum absolute atomic E-state index is 0.0557. The number of methoxy groups -OCH3 is 1. The number of amides is 2. The summed E-state index contributed by atoms with van der Waals surface area (Å²) in [5.41, 5.74) is 4.86. The third-order valence-corrected chi connectivity index (χ3v) is 5.26. The van der Waals surface area contributed by atoms with Crippen LogP contribution in [0.4, 0.5) is 0 Å². The van der Waals surface area contributed by atoms with Crippen molar-refractivity contribution in [2.24, 2.45) is 0 Å². The van der Waals surface area contributed by atoms with Gasteiger partial charge in [-0.3, -0.25) is 29.8 Å². The molecule has 0 aliphatic rings. The van der Waals surface area contributed by atoms with Gasteiger partial charge in [-0.05, 0) is 30.3 Å². The van der Waals surface area contributed by atoms with E-state index in [0.717, 1.165) is 16.2 Å². The van der Waals surface area contributed by atoms with Crippen molar-refractivity contribution in [1.29, 1.82) is 0 Å². The topological polar surface area (TPSA) is 115 Å². The average Bonchev–Trinajstić information content (AvgIpc) is 3.25. The fraction of sp³-hybridized carbons (Fsp3) is 0.222. The molecular weight excluding hydrogens is 464 g/mol. The zero-order valence-electron chi connectivity index (χ0n) is 15.3. The molecule has 0 bridgehead atoms. The lowest BCUT2D eigenvalue weighted by Gasteiger charge is -2.13. The first-order chi connectivity index (χ1) is 14.0. The van der Waals surface area contributed by atoms with E-state index in [-0.39, 0.29) is 17.1 Å². The summed E-state index contributed by atoms with van der Waals surface area (Å²) in [6, 6.07) is 8.27. The molecule has 2 heterocycles. The Morgan fingerprint density at radius 2 is 2.14 bits per heavy atom. The summed E-state index contributed by atoms with van der Waals surface area (Å²) in [6.45, 7) is 0.615. The van der Waals surface area contributed by atoms with Crippen molar-refractivity contribution in [3.8, 4) is 0 Å². The molecule has 2 aromatic heterocycles. The summed E-state index contributed by atoms with van der Waals surface area (Å²) >= 11 is 4.44. The van der Waals surface area contributed by atoms with E-state index in [4.69, 9.17) is 9.15 Å². The molecule has 0 radical (unpaired) electrons. The third kappa shape index (κ3) is 5.25. The Morgan fingerprint density at radius 1 is 1.31 bits per heavy atom. The first kappa shape index (κ1) is 21.1. The highest BCUT2D eigenvalue weighted by atomic mass is 79.9. The number of carbonyl (C=O) groups is 2. The van der Waals surface area contributed by atoms with E-state index in [1.165, 1.54) is 24.0 Å². The fourth-order valence-corrected chi connectivity index (χ4v) is 3.61. The van der Waals surface area contributed by atoms with Gasteiger partial charge in [0.05, 0.1) is 36.1 Å². The zero-order chi connectivity index (χ0) is 20.8. The monoisotopic (exact) mass is 480 g/mol. The molecule has 0 saturated heterocycles. The SMILES string of the molecule is COCCn1c(SCC(=O)NNC(=O)c2ccco2)nc2ccc(Br)cc2c1=O. The van der Waals surface area contributed by atoms with E-state index in [0.29, 0.717) is 29.2 Å². The van der Waals surface area contributed by atoms with Crippen LogP contribution in [0.15, 0.2) is 55.4 Å². The third-order valence-electron chi connectivity index (χ3n) is 3.79. The van der Waals surface area contributed by atoms with E-state index in [9.17, 15) is 14.4 Å². The van der Waals surface area contributed by atoms with E-state index >= 15 is 0 Å². The van der Waals surface area contributed by atoms with E-state index in [1.807, 2.05) is 0 Å². The van der Waals surface area contributed by atoms with E-state index in [2.05, 4.69) is 31.8 Å². The molecule has 0 fully saturated rings. The van der Waals surface area contributed by atoms with Crippen LogP contribution in [0.3, 0.4) is 0 Å². The van der Waals surface area contributed by atoms with Gasteiger partial charge < -0.3 is 9.15 Å². The van der Waals surface area contributed by atoms with Crippen LogP contribution in [0.5, 0.6) is 0 Å². The highest BCUT2D eigenvalue weighted by molar-refractivity contribution is 9.10. The normalized spacial score (nSPS) is 10.8. The first-order valence-corrected chi connectivity index (χ1v) is 10.2. The van der Waals surface area contributed by atoms with Gasteiger partial charge in [0, 0.05) is 11.6 Å². The summed E-state index contributed by atoms with van der Waals surface area (Å²) in [6.07, 6.45) is 1.36. The van der Waals surface area contributed by atoms with Crippen molar-refractivity contribution in [1.82, 2.24) is 20.4 Å². The second-order valence-electron chi connectivity index (χ2n) is 5.77. The quantitative estimate of drug-likeness (QED) is 0.301. The molecule has 2 N–H and O–H groups in total. The summed E-state index contributed by atoms with van der Waals surface area (Å²) in [7, 11) is 1.54. The number of carbonyl (C=O) groups excluding carboxylic acids is 2. The summed E-state index contributed by atoms with van der Waals surface area (Å²) in [5, 5.41) is 0.851. The number of thioether (sulfide) groups is 1. The van der Waals surface area contributed by atoms with Crippen molar-refractivity contribution >= 4 is 50.4 Å². The van der Waals surface area contributed by atoms with Crippen LogP contribution in [-0.4, -0.2) is 40.8 Å². The smallest absolute Gasteiger partial charge is 0.305 e. The van der Waals surface area contributed by atoms with Gasteiger partial charge in [0.25, 0.3) is 5.56 Å². The van der Waals surface area contributed by atoms with Gasteiger partial charge in [-0.2, -0.15) is 0 Å². The lowest BCUT2D eigenvalue weighted by atomic mass is 10.2. The molecule has 3 rings (SSSR count). The largest absolute Gasteiger partial charge is 0.459 e. The predicted octanol–water partition coefficient (Wildman–Crippen LogP) is 1.95. The number of furan rings is 1. The summed E-state index contributed by atoms with van der Waals surface area (Å²) in [4.78, 5) is 41.2. The zero-order valence-corrected chi connectivity index (χ0v) is 17.7. The number of rotatable bonds is 7. The Morgan fingerprint density at radius 3 is 2.86 bits per heavy atom. The van der Waals surface area contributed by atoms with Crippen LogP contribution in [0.25, 0.3) is 10.9 Å². The average molecular weight is 481 g/mol. The lowest BCUT2D eigenvalue weighted by molar-refractivity contribution is -0.119. The predicted molar refractivity (Wildman–Crippen MR) is 111 cm³/mol. The van der Waals surface area contributed by atoms with Crippen LogP contribution in [0.2, 0.25) is 0 Å². The first-order valence-electron chi connectivity index (χ1n) is 8.44. The van der Waals surface area contributed by atoms with Gasteiger partial charge in [-0.1, -0.05) is 27.7 Å². The molecule has 2 amide bonds. The number of hydrogen-bond donors (Lipinski definition) is 2. The number of nitrogens with zero attached hydrogens (tertiary/aromatic N) is 2. The molecular formula is C18H17BrN4O5S. The van der Waals surface area contributed by atoms with Crippen LogP contribution in [0.1, 0.15) is 10.6 Å². The maximum Gasteiger partial charge on any atom is 0.305 e. The Balaban J connectivity index is 1.72. The standard InChI is InChI=1S/C18H17BrN4O5S/c1-27-8-6-23-17(26)12-9-11(19)4-5-13(12)20-18(23)29-10-15(24)21-22-16(25)14-3-2-7-28-14/h2-5,7,9H,6,8,10H2,1H3,(H,21,24)(H,22,25). The Bertz CT molecular complexity index is 1080. The van der Waals surface area contributed by atoms with Gasteiger partial charge in [0.1, 0.15) is 0 Å². The van der Waals surface area contributed by atoms with Crippen molar-refractivity contribution in [3.05, 3.63) is 57.2 Å². The molecule has 0 aliphatic heterocycles.